The molecule has 0 fully saturated rings. The summed E-state index contributed by atoms with van der Waals surface area (Å²) in [5.41, 5.74) is 4.89. The van der Waals surface area contributed by atoms with E-state index in [2.05, 4.69) is 23.5 Å². The zero-order valence-corrected chi connectivity index (χ0v) is 17.9. The smallest absolute Gasteiger partial charge is 0.239 e. The van der Waals surface area contributed by atoms with Gasteiger partial charge in [0.2, 0.25) is 6.43 Å². The second kappa shape index (κ2) is 9.69. The van der Waals surface area contributed by atoms with Crippen LogP contribution in [0.2, 0.25) is 0 Å². The molecule has 1 unspecified atom stereocenters. The third-order valence-corrected chi connectivity index (χ3v) is 5.03. The van der Waals surface area contributed by atoms with E-state index in [1.807, 2.05) is 68.6 Å². The minimum atomic E-state index is -2.30. The lowest BCUT2D eigenvalue weighted by Crippen LogP contribution is -2.11. The second-order valence-electron chi connectivity index (χ2n) is 7.61. The van der Waals surface area contributed by atoms with Crippen LogP contribution in [0.3, 0.4) is 0 Å². The predicted octanol–water partition coefficient (Wildman–Crippen LogP) is 5.41. The molecule has 2 aromatic heterocycles. The number of allylic oxidation sites excluding steroid dienone is 1. The second-order valence-corrected chi connectivity index (χ2v) is 7.61. The first kappa shape index (κ1) is 21.7. The van der Waals surface area contributed by atoms with Crippen LogP contribution in [0.5, 0.6) is 0 Å². The molecule has 3 rings (SSSR count). The fraction of sp³-hybridized carbons (Fsp3) is 0.391. The molecular formula is C23H29F2N5. The average Bonchev–Trinajstić information content (AvgIpc) is 3.13. The summed E-state index contributed by atoms with van der Waals surface area (Å²) >= 11 is 0. The van der Waals surface area contributed by atoms with E-state index in [9.17, 15) is 8.78 Å². The van der Waals surface area contributed by atoms with Crippen molar-refractivity contribution in [3.8, 4) is 0 Å². The molecule has 2 heterocycles. The number of nitrogens with zero attached hydrogens (tertiary/aromatic N) is 4. The SMILES string of the molecule is CC/C(=C\N(C)C)c1cnn2ccc(NC(C)c3ccccc3CCC(F)F)nc12. The molecular weight excluding hydrogens is 384 g/mol. The molecule has 0 saturated heterocycles. The van der Waals surface area contributed by atoms with Gasteiger partial charge in [-0.1, -0.05) is 31.2 Å². The molecule has 0 aliphatic rings. The van der Waals surface area contributed by atoms with Crippen LogP contribution in [-0.2, 0) is 6.42 Å². The molecule has 0 aliphatic carbocycles. The summed E-state index contributed by atoms with van der Waals surface area (Å²) in [4.78, 5) is 6.81. The van der Waals surface area contributed by atoms with Gasteiger partial charge in [-0.2, -0.15) is 5.10 Å². The molecule has 30 heavy (non-hydrogen) atoms. The summed E-state index contributed by atoms with van der Waals surface area (Å²) in [5.74, 6) is 0.723. The average molecular weight is 414 g/mol. The standard InChI is InChI=1S/C23H29F2N5/c1-5-17(15-29(3)4)20-14-26-30-13-12-22(28-23(20)30)27-16(2)19-9-7-6-8-18(19)10-11-21(24)25/h6-9,12-16,21H,5,10-11H2,1-4H3,(H,27,28)/b17-15+. The van der Waals surface area contributed by atoms with Gasteiger partial charge in [0, 0.05) is 38.5 Å². The number of hydrogen-bond donors (Lipinski definition) is 1. The summed E-state index contributed by atoms with van der Waals surface area (Å²) in [6.07, 6.45) is 4.60. The molecule has 0 amide bonds. The molecule has 0 saturated carbocycles. The zero-order chi connectivity index (χ0) is 21.7. The number of rotatable bonds is 9. The molecule has 160 valence electrons. The first-order chi connectivity index (χ1) is 14.4. The zero-order valence-electron chi connectivity index (χ0n) is 17.9. The third kappa shape index (κ3) is 5.14. The molecule has 7 heteroatoms. The van der Waals surface area contributed by atoms with E-state index in [0.29, 0.717) is 6.42 Å². The molecule has 1 atom stereocenters. The van der Waals surface area contributed by atoms with Crippen molar-refractivity contribution in [1.82, 2.24) is 19.5 Å². The van der Waals surface area contributed by atoms with Gasteiger partial charge in [0.1, 0.15) is 5.82 Å². The fourth-order valence-corrected chi connectivity index (χ4v) is 3.59. The Balaban J connectivity index is 1.87. The highest BCUT2D eigenvalue weighted by Gasteiger charge is 2.15. The summed E-state index contributed by atoms with van der Waals surface area (Å²) < 4.78 is 27.1. The quantitative estimate of drug-likeness (QED) is 0.509. The molecule has 1 aromatic carbocycles. The molecule has 3 aromatic rings. The lowest BCUT2D eigenvalue weighted by atomic mass is 9.98. The van der Waals surface area contributed by atoms with E-state index < -0.39 is 6.43 Å². The number of anilines is 1. The Hall–Kier alpha value is -2.96. The Morgan fingerprint density at radius 2 is 2.00 bits per heavy atom. The third-order valence-electron chi connectivity index (χ3n) is 5.03. The highest BCUT2D eigenvalue weighted by Crippen LogP contribution is 2.26. The van der Waals surface area contributed by atoms with Crippen molar-refractivity contribution in [1.29, 1.82) is 0 Å². The van der Waals surface area contributed by atoms with Crippen molar-refractivity contribution in [3.05, 3.63) is 65.6 Å². The number of alkyl halides is 2. The van der Waals surface area contributed by atoms with E-state index in [4.69, 9.17) is 4.98 Å². The summed E-state index contributed by atoms with van der Waals surface area (Å²) in [6, 6.07) is 9.54. The van der Waals surface area contributed by atoms with Crippen molar-refractivity contribution >= 4 is 17.0 Å². The van der Waals surface area contributed by atoms with Crippen LogP contribution in [-0.4, -0.2) is 40.0 Å². The van der Waals surface area contributed by atoms with Crippen LogP contribution in [0.4, 0.5) is 14.6 Å². The minimum Gasteiger partial charge on any atom is -0.383 e. The van der Waals surface area contributed by atoms with Gasteiger partial charge in [0.15, 0.2) is 5.65 Å². The number of aromatic nitrogens is 3. The monoisotopic (exact) mass is 413 g/mol. The summed E-state index contributed by atoms with van der Waals surface area (Å²) in [7, 11) is 3.99. The normalized spacial score (nSPS) is 13.1. The van der Waals surface area contributed by atoms with Crippen LogP contribution >= 0.6 is 0 Å². The van der Waals surface area contributed by atoms with Crippen molar-refractivity contribution in [2.24, 2.45) is 0 Å². The molecule has 0 radical (unpaired) electrons. The Kier molecular flexibility index (Phi) is 7.03. The number of hydrogen-bond acceptors (Lipinski definition) is 4. The predicted molar refractivity (Wildman–Crippen MR) is 118 cm³/mol. The van der Waals surface area contributed by atoms with E-state index in [1.165, 1.54) is 0 Å². The van der Waals surface area contributed by atoms with Gasteiger partial charge >= 0.3 is 0 Å². The van der Waals surface area contributed by atoms with E-state index >= 15 is 0 Å². The number of aryl methyl sites for hydroxylation is 1. The van der Waals surface area contributed by atoms with Crippen LogP contribution in [0.1, 0.15) is 49.4 Å². The maximum Gasteiger partial charge on any atom is 0.239 e. The molecule has 1 N–H and O–H groups in total. The largest absolute Gasteiger partial charge is 0.383 e. The highest BCUT2D eigenvalue weighted by atomic mass is 19.3. The van der Waals surface area contributed by atoms with Gasteiger partial charge < -0.3 is 10.2 Å². The topological polar surface area (TPSA) is 45.5 Å². The lowest BCUT2D eigenvalue weighted by Gasteiger charge is -2.19. The lowest BCUT2D eigenvalue weighted by molar-refractivity contribution is 0.138. The van der Waals surface area contributed by atoms with Crippen molar-refractivity contribution < 1.29 is 8.78 Å². The number of halogens is 2. The maximum atomic E-state index is 12.7. The van der Waals surface area contributed by atoms with Crippen LogP contribution in [0.15, 0.2) is 48.9 Å². The highest BCUT2D eigenvalue weighted by molar-refractivity contribution is 5.76. The fourth-order valence-electron chi connectivity index (χ4n) is 3.59. The van der Waals surface area contributed by atoms with Crippen molar-refractivity contribution in [2.75, 3.05) is 19.4 Å². The van der Waals surface area contributed by atoms with Gasteiger partial charge in [-0.25, -0.2) is 18.3 Å². The van der Waals surface area contributed by atoms with Gasteiger partial charge in [-0.05, 0) is 42.5 Å². The van der Waals surface area contributed by atoms with Gasteiger partial charge in [-0.3, -0.25) is 0 Å². The summed E-state index contributed by atoms with van der Waals surface area (Å²) in [6.45, 7) is 4.13. The van der Waals surface area contributed by atoms with Crippen molar-refractivity contribution in [2.45, 2.75) is 45.6 Å². The van der Waals surface area contributed by atoms with Crippen molar-refractivity contribution in [3.63, 3.8) is 0 Å². The first-order valence-electron chi connectivity index (χ1n) is 10.2. The van der Waals surface area contributed by atoms with E-state index in [1.54, 1.807) is 4.52 Å². The number of nitrogens with one attached hydrogen (secondary N) is 1. The van der Waals surface area contributed by atoms with E-state index in [0.717, 1.165) is 40.1 Å². The Morgan fingerprint density at radius 3 is 2.70 bits per heavy atom. The Bertz CT molecular complexity index is 1010. The number of fused-ring (bicyclic) bond motifs is 1. The Morgan fingerprint density at radius 1 is 1.23 bits per heavy atom. The van der Waals surface area contributed by atoms with Gasteiger partial charge in [-0.15, -0.1) is 0 Å². The summed E-state index contributed by atoms with van der Waals surface area (Å²) in [5, 5.41) is 7.85. The molecule has 0 spiro atoms. The Labute approximate surface area is 176 Å². The first-order valence-corrected chi connectivity index (χ1v) is 10.2. The molecule has 5 nitrogen and oxygen atoms in total. The van der Waals surface area contributed by atoms with Gasteiger partial charge in [0.05, 0.1) is 12.2 Å². The van der Waals surface area contributed by atoms with Crippen LogP contribution < -0.4 is 5.32 Å². The van der Waals surface area contributed by atoms with Crippen LogP contribution in [0.25, 0.3) is 11.2 Å². The molecule has 0 aliphatic heterocycles. The van der Waals surface area contributed by atoms with E-state index in [-0.39, 0.29) is 12.5 Å². The minimum absolute atomic E-state index is 0.0665. The number of benzene rings is 1. The van der Waals surface area contributed by atoms with Gasteiger partial charge in [0.25, 0.3) is 0 Å². The maximum absolute atomic E-state index is 12.7. The van der Waals surface area contributed by atoms with Crippen LogP contribution in [0, 0.1) is 0 Å². The molecule has 0 bridgehead atoms.